The Morgan fingerprint density at radius 2 is 1.84 bits per heavy atom. The zero-order valence-corrected chi connectivity index (χ0v) is 20.4. The van der Waals surface area contributed by atoms with Gasteiger partial charge in [-0.15, -0.1) is 0 Å². The van der Waals surface area contributed by atoms with E-state index in [4.69, 9.17) is 4.74 Å². The number of carbonyl (C=O) groups is 1. The van der Waals surface area contributed by atoms with Crippen molar-refractivity contribution >= 4 is 5.91 Å². The van der Waals surface area contributed by atoms with Gasteiger partial charge >= 0.3 is 0 Å². The fourth-order valence-electron chi connectivity index (χ4n) is 5.31. The van der Waals surface area contributed by atoms with Crippen molar-refractivity contribution in [2.45, 2.75) is 71.4 Å². The number of pyridine rings is 1. The fourth-order valence-corrected chi connectivity index (χ4v) is 5.31. The van der Waals surface area contributed by atoms with Crippen molar-refractivity contribution in [3.05, 3.63) is 58.4 Å². The number of piperidine rings is 1. The maximum atomic E-state index is 13.2. The predicted molar refractivity (Wildman–Crippen MR) is 128 cm³/mol. The highest BCUT2D eigenvalue weighted by Gasteiger charge is 2.37. The lowest BCUT2D eigenvalue weighted by Gasteiger charge is -2.48. The molecule has 2 aromatic rings. The van der Waals surface area contributed by atoms with E-state index in [1.807, 2.05) is 17.0 Å². The third-order valence-corrected chi connectivity index (χ3v) is 7.37. The van der Waals surface area contributed by atoms with Gasteiger partial charge in [-0.05, 0) is 68.0 Å². The summed E-state index contributed by atoms with van der Waals surface area (Å²) in [5, 5.41) is 0. The number of piperazine rings is 1. The van der Waals surface area contributed by atoms with Gasteiger partial charge < -0.3 is 9.64 Å². The maximum absolute atomic E-state index is 13.2. The molecule has 0 N–H and O–H groups in total. The highest BCUT2D eigenvalue weighted by Crippen LogP contribution is 2.39. The van der Waals surface area contributed by atoms with Gasteiger partial charge in [-0.1, -0.05) is 26.8 Å². The van der Waals surface area contributed by atoms with Crippen molar-refractivity contribution < 1.29 is 9.53 Å². The van der Waals surface area contributed by atoms with E-state index >= 15 is 0 Å². The van der Waals surface area contributed by atoms with E-state index in [0.717, 1.165) is 37.5 Å². The quantitative estimate of drug-likeness (QED) is 0.676. The van der Waals surface area contributed by atoms with Crippen LogP contribution in [-0.2, 0) is 5.41 Å². The minimum Gasteiger partial charge on any atom is -0.496 e. The summed E-state index contributed by atoms with van der Waals surface area (Å²) in [4.78, 5) is 22.4. The van der Waals surface area contributed by atoms with Crippen LogP contribution in [-0.4, -0.2) is 53.5 Å². The highest BCUT2D eigenvalue weighted by atomic mass is 16.5. The second-order valence-corrected chi connectivity index (χ2v) is 10.4. The van der Waals surface area contributed by atoms with E-state index in [1.165, 1.54) is 29.5 Å². The lowest BCUT2D eigenvalue weighted by atomic mass is 9.86. The van der Waals surface area contributed by atoms with Crippen LogP contribution >= 0.6 is 0 Å². The first-order valence-electron chi connectivity index (χ1n) is 11.9. The summed E-state index contributed by atoms with van der Waals surface area (Å²) in [6.45, 7) is 13.3. The second-order valence-electron chi connectivity index (χ2n) is 10.4. The molecular weight excluding hydrogens is 398 g/mol. The Balaban J connectivity index is 1.49. The molecule has 2 fully saturated rings. The fraction of sp³-hybridized carbons (Fsp3) is 0.556. The second kappa shape index (κ2) is 8.86. The number of amides is 1. The summed E-state index contributed by atoms with van der Waals surface area (Å²) in [5.41, 5.74) is 5.67. The zero-order chi connectivity index (χ0) is 23.0. The number of nitrogens with zero attached hydrogens (tertiary/aromatic N) is 3. The average Bonchev–Trinajstić information content (AvgIpc) is 2.79. The van der Waals surface area contributed by atoms with Gasteiger partial charge in [-0.3, -0.25) is 14.7 Å². The molecule has 2 saturated heterocycles. The molecule has 0 spiro atoms. The Morgan fingerprint density at radius 1 is 1.06 bits per heavy atom. The normalized spacial score (nSPS) is 21.9. The molecule has 5 nitrogen and oxygen atoms in total. The molecule has 32 heavy (non-hydrogen) atoms. The van der Waals surface area contributed by atoms with Crippen molar-refractivity contribution in [2.75, 3.05) is 26.7 Å². The van der Waals surface area contributed by atoms with E-state index < -0.39 is 0 Å². The van der Waals surface area contributed by atoms with E-state index in [9.17, 15) is 4.79 Å². The Kier molecular flexibility index (Phi) is 6.30. The number of rotatable bonds is 3. The lowest BCUT2D eigenvalue weighted by molar-refractivity contribution is 0.0101. The SMILES string of the molecule is COc1ccc([C@H]2CCC[C@H]3CN(C(=O)c4ccc(C(C)(C)C)nc4)CCN32)c(C)c1C. The van der Waals surface area contributed by atoms with Crippen LogP contribution in [0.15, 0.2) is 30.5 Å². The molecule has 1 aromatic carbocycles. The molecule has 2 aliphatic heterocycles. The van der Waals surface area contributed by atoms with Crippen molar-refractivity contribution in [1.82, 2.24) is 14.8 Å². The third kappa shape index (κ3) is 4.27. The van der Waals surface area contributed by atoms with Gasteiger partial charge in [-0.2, -0.15) is 0 Å². The van der Waals surface area contributed by atoms with Crippen LogP contribution in [0.3, 0.4) is 0 Å². The lowest BCUT2D eigenvalue weighted by Crippen LogP contribution is -2.57. The number of hydrogen-bond donors (Lipinski definition) is 0. The van der Waals surface area contributed by atoms with Crippen molar-refractivity contribution in [2.24, 2.45) is 0 Å². The van der Waals surface area contributed by atoms with Gasteiger partial charge in [0.25, 0.3) is 5.91 Å². The number of aromatic nitrogens is 1. The number of fused-ring (bicyclic) bond motifs is 1. The molecule has 0 unspecified atom stereocenters. The van der Waals surface area contributed by atoms with E-state index in [0.29, 0.717) is 17.6 Å². The van der Waals surface area contributed by atoms with Gasteiger partial charge in [0.05, 0.1) is 12.7 Å². The van der Waals surface area contributed by atoms with Gasteiger partial charge in [0, 0.05) is 49.0 Å². The Hall–Kier alpha value is -2.40. The third-order valence-electron chi connectivity index (χ3n) is 7.37. The first-order valence-corrected chi connectivity index (χ1v) is 11.9. The molecule has 0 radical (unpaired) electrons. The summed E-state index contributed by atoms with van der Waals surface area (Å²) in [6.07, 6.45) is 5.27. The minimum absolute atomic E-state index is 0.0117. The number of benzene rings is 1. The Labute approximate surface area is 192 Å². The van der Waals surface area contributed by atoms with Crippen LogP contribution in [0.5, 0.6) is 5.75 Å². The van der Waals surface area contributed by atoms with Crippen LogP contribution in [0.25, 0.3) is 0 Å². The van der Waals surface area contributed by atoms with Crippen LogP contribution in [0.1, 0.15) is 78.8 Å². The molecule has 4 rings (SSSR count). The topological polar surface area (TPSA) is 45.7 Å². The molecule has 1 amide bonds. The summed E-state index contributed by atoms with van der Waals surface area (Å²) in [6, 6.07) is 9.12. The van der Waals surface area contributed by atoms with Gasteiger partial charge in [0.1, 0.15) is 5.75 Å². The zero-order valence-electron chi connectivity index (χ0n) is 20.4. The summed E-state index contributed by atoms with van der Waals surface area (Å²) >= 11 is 0. The van der Waals surface area contributed by atoms with Crippen LogP contribution in [0, 0.1) is 13.8 Å². The highest BCUT2D eigenvalue weighted by molar-refractivity contribution is 5.94. The van der Waals surface area contributed by atoms with Gasteiger partial charge in [0.2, 0.25) is 0 Å². The first-order chi connectivity index (χ1) is 15.2. The van der Waals surface area contributed by atoms with Crippen molar-refractivity contribution in [3.8, 4) is 5.75 Å². The monoisotopic (exact) mass is 435 g/mol. The number of carbonyl (C=O) groups excluding carboxylic acids is 1. The van der Waals surface area contributed by atoms with E-state index in [1.54, 1.807) is 13.3 Å². The number of hydrogen-bond acceptors (Lipinski definition) is 4. The Bertz CT molecular complexity index is 978. The molecule has 2 atom stereocenters. The van der Waals surface area contributed by atoms with Crippen LogP contribution in [0.2, 0.25) is 0 Å². The minimum atomic E-state index is -0.0117. The molecule has 3 heterocycles. The summed E-state index contributed by atoms with van der Waals surface area (Å²) in [7, 11) is 1.74. The van der Waals surface area contributed by atoms with Gasteiger partial charge in [0.15, 0.2) is 0 Å². The van der Waals surface area contributed by atoms with Crippen molar-refractivity contribution in [1.29, 1.82) is 0 Å². The number of ether oxygens (including phenoxy) is 1. The van der Waals surface area contributed by atoms with Gasteiger partial charge in [-0.25, -0.2) is 0 Å². The molecule has 1 aromatic heterocycles. The van der Waals surface area contributed by atoms with Crippen LogP contribution in [0.4, 0.5) is 0 Å². The smallest absolute Gasteiger partial charge is 0.255 e. The first kappa shape index (κ1) is 22.8. The molecule has 0 bridgehead atoms. The van der Waals surface area contributed by atoms with Crippen molar-refractivity contribution in [3.63, 3.8) is 0 Å². The van der Waals surface area contributed by atoms with E-state index in [-0.39, 0.29) is 11.3 Å². The summed E-state index contributed by atoms with van der Waals surface area (Å²) < 4.78 is 5.52. The maximum Gasteiger partial charge on any atom is 0.255 e. The molecule has 172 valence electrons. The molecular formula is C27H37N3O2. The average molecular weight is 436 g/mol. The largest absolute Gasteiger partial charge is 0.496 e. The van der Waals surface area contributed by atoms with E-state index in [2.05, 4.69) is 56.6 Å². The summed E-state index contributed by atoms with van der Waals surface area (Å²) in [5.74, 6) is 1.07. The molecule has 0 saturated carbocycles. The molecule has 5 heteroatoms. The molecule has 2 aliphatic rings. The standard InChI is InChI=1S/C27H37N3O2/c1-18-19(2)24(32-6)12-11-22(18)23-9-7-8-21-17-29(14-15-30(21)23)26(31)20-10-13-25(28-16-20)27(3,4)5/h10-13,16,21,23H,7-9,14-15,17H2,1-6H3/t21-,23+/m0/s1. The number of methoxy groups -OCH3 is 1. The van der Waals surface area contributed by atoms with Crippen LogP contribution < -0.4 is 4.74 Å². The Morgan fingerprint density at radius 3 is 2.50 bits per heavy atom. The molecule has 0 aliphatic carbocycles. The predicted octanol–water partition coefficient (Wildman–Crippen LogP) is 5.06.